The lowest BCUT2D eigenvalue weighted by molar-refractivity contribution is -0.155. The smallest absolute Gasteiger partial charge is 0.310 e. The van der Waals surface area contributed by atoms with E-state index in [-0.39, 0.29) is 24.3 Å². The maximum absolute atomic E-state index is 12.5. The van der Waals surface area contributed by atoms with Gasteiger partial charge in [0.25, 0.3) is 0 Å². The molecule has 2 saturated heterocycles. The minimum absolute atomic E-state index is 0.0875. The Balaban J connectivity index is 1.76. The molecule has 21 heavy (non-hydrogen) atoms. The van der Waals surface area contributed by atoms with Crippen LogP contribution in [0.15, 0.2) is 0 Å². The summed E-state index contributed by atoms with van der Waals surface area (Å²) in [5.74, 6) is -0.985. The van der Waals surface area contributed by atoms with Crippen LogP contribution in [0.4, 0.5) is 0 Å². The van der Waals surface area contributed by atoms with Gasteiger partial charge in [-0.2, -0.15) is 0 Å². The molecular formula is C15H22N2O4. The zero-order chi connectivity index (χ0) is 15.2. The lowest BCUT2D eigenvalue weighted by atomic mass is 9.77. The molecule has 116 valence electrons. The molecular weight excluding hydrogens is 272 g/mol. The second-order valence-electron chi connectivity index (χ2n) is 6.57. The number of likely N-dealkylation sites (tertiary alicyclic amines) is 2. The van der Waals surface area contributed by atoms with Gasteiger partial charge in [0.1, 0.15) is 0 Å². The van der Waals surface area contributed by atoms with Gasteiger partial charge in [-0.3, -0.25) is 24.2 Å². The molecule has 6 nitrogen and oxygen atoms in total. The number of carbonyl (C=O) groups excluding carboxylic acids is 2. The molecule has 2 heterocycles. The van der Waals surface area contributed by atoms with E-state index in [9.17, 15) is 19.5 Å². The quantitative estimate of drug-likeness (QED) is 0.778. The van der Waals surface area contributed by atoms with Crippen LogP contribution in [0.5, 0.6) is 0 Å². The molecule has 0 aromatic heterocycles. The largest absolute Gasteiger partial charge is 0.481 e. The number of carboxylic acid groups (broad SMARTS) is 1. The van der Waals surface area contributed by atoms with E-state index in [1.807, 2.05) is 11.8 Å². The number of rotatable bonds is 4. The van der Waals surface area contributed by atoms with Gasteiger partial charge in [-0.25, -0.2) is 0 Å². The molecule has 2 aliphatic heterocycles. The van der Waals surface area contributed by atoms with Crippen molar-refractivity contribution in [2.45, 2.75) is 57.5 Å². The van der Waals surface area contributed by atoms with Gasteiger partial charge >= 0.3 is 5.97 Å². The number of aliphatic carboxylic acids is 1. The van der Waals surface area contributed by atoms with E-state index in [2.05, 4.69) is 0 Å². The van der Waals surface area contributed by atoms with Crippen molar-refractivity contribution >= 4 is 17.8 Å². The number of piperidine rings is 1. The highest BCUT2D eigenvalue weighted by atomic mass is 16.4. The standard InChI is InChI=1S/C15H22N2O4/c1-2-15(14(20)21)6-3-7-16(9-15)11-8-12(18)17(13(11)19)10-4-5-10/h10-11H,2-9H2,1H3,(H,20,21). The second-order valence-corrected chi connectivity index (χ2v) is 6.57. The minimum atomic E-state index is -0.787. The van der Waals surface area contributed by atoms with Crippen LogP contribution < -0.4 is 0 Å². The number of imide groups is 1. The molecule has 0 radical (unpaired) electrons. The second kappa shape index (κ2) is 5.09. The molecule has 2 unspecified atom stereocenters. The molecule has 2 amide bonds. The third-order valence-electron chi connectivity index (χ3n) is 5.25. The van der Waals surface area contributed by atoms with Crippen molar-refractivity contribution in [1.29, 1.82) is 0 Å². The highest BCUT2D eigenvalue weighted by Crippen LogP contribution is 2.38. The van der Waals surface area contributed by atoms with Crippen LogP contribution in [-0.4, -0.2) is 57.9 Å². The Labute approximate surface area is 124 Å². The summed E-state index contributed by atoms with van der Waals surface area (Å²) < 4.78 is 0. The van der Waals surface area contributed by atoms with E-state index < -0.39 is 17.4 Å². The average Bonchev–Trinajstić information content (AvgIpc) is 3.25. The molecule has 0 aromatic carbocycles. The Kier molecular flexibility index (Phi) is 3.51. The van der Waals surface area contributed by atoms with E-state index in [0.29, 0.717) is 25.9 Å². The number of hydrogen-bond acceptors (Lipinski definition) is 4. The molecule has 3 aliphatic rings. The number of hydrogen-bond donors (Lipinski definition) is 1. The minimum Gasteiger partial charge on any atom is -0.481 e. The maximum Gasteiger partial charge on any atom is 0.310 e. The van der Waals surface area contributed by atoms with Crippen LogP contribution >= 0.6 is 0 Å². The fourth-order valence-corrected chi connectivity index (χ4v) is 3.68. The fraction of sp³-hybridized carbons (Fsp3) is 0.800. The highest BCUT2D eigenvalue weighted by Gasteiger charge is 2.51. The summed E-state index contributed by atoms with van der Waals surface area (Å²) in [5, 5.41) is 9.53. The summed E-state index contributed by atoms with van der Waals surface area (Å²) >= 11 is 0. The molecule has 1 aliphatic carbocycles. The first kappa shape index (κ1) is 14.5. The van der Waals surface area contributed by atoms with Crippen molar-refractivity contribution in [3.63, 3.8) is 0 Å². The van der Waals surface area contributed by atoms with E-state index in [1.54, 1.807) is 0 Å². The van der Waals surface area contributed by atoms with Gasteiger partial charge in [0.2, 0.25) is 11.8 Å². The van der Waals surface area contributed by atoms with E-state index in [0.717, 1.165) is 19.3 Å². The monoisotopic (exact) mass is 294 g/mol. The summed E-state index contributed by atoms with van der Waals surface area (Å²) in [5.41, 5.74) is -0.769. The molecule has 6 heteroatoms. The van der Waals surface area contributed by atoms with Crippen LogP contribution in [0.25, 0.3) is 0 Å². The van der Waals surface area contributed by atoms with Gasteiger partial charge in [-0.1, -0.05) is 6.92 Å². The van der Waals surface area contributed by atoms with Crippen LogP contribution in [0, 0.1) is 5.41 Å². The van der Waals surface area contributed by atoms with Crippen LogP contribution in [0.1, 0.15) is 45.4 Å². The maximum atomic E-state index is 12.5. The molecule has 3 rings (SSSR count). The summed E-state index contributed by atoms with van der Waals surface area (Å²) in [4.78, 5) is 39.5. The van der Waals surface area contributed by atoms with E-state index in [4.69, 9.17) is 0 Å². The first-order valence-electron chi connectivity index (χ1n) is 7.82. The number of amides is 2. The van der Waals surface area contributed by atoms with Gasteiger partial charge in [0.05, 0.1) is 17.9 Å². The Hall–Kier alpha value is -1.43. The van der Waals surface area contributed by atoms with Crippen LogP contribution in [0.3, 0.4) is 0 Å². The molecule has 3 fully saturated rings. The third kappa shape index (κ3) is 2.35. The van der Waals surface area contributed by atoms with Crippen molar-refractivity contribution in [2.75, 3.05) is 13.1 Å². The predicted octanol–water partition coefficient (Wildman–Crippen LogP) is 0.853. The summed E-state index contributed by atoms with van der Waals surface area (Å²) in [6.07, 6.45) is 4.02. The number of nitrogens with zero attached hydrogens (tertiary/aromatic N) is 2. The lowest BCUT2D eigenvalue weighted by Gasteiger charge is -2.41. The molecule has 0 spiro atoms. The van der Waals surface area contributed by atoms with E-state index >= 15 is 0 Å². The topological polar surface area (TPSA) is 77.9 Å². The van der Waals surface area contributed by atoms with Gasteiger partial charge in [-0.15, -0.1) is 0 Å². The van der Waals surface area contributed by atoms with Crippen LogP contribution in [-0.2, 0) is 14.4 Å². The Bertz CT molecular complexity index is 488. The first-order valence-corrected chi connectivity index (χ1v) is 7.82. The Morgan fingerprint density at radius 3 is 2.67 bits per heavy atom. The van der Waals surface area contributed by atoms with Crippen molar-refractivity contribution in [3.05, 3.63) is 0 Å². The van der Waals surface area contributed by atoms with Crippen molar-refractivity contribution in [1.82, 2.24) is 9.80 Å². The highest BCUT2D eigenvalue weighted by molar-refractivity contribution is 6.06. The molecule has 1 N–H and O–H groups in total. The lowest BCUT2D eigenvalue weighted by Crippen LogP contribution is -2.53. The van der Waals surface area contributed by atoms with Gasteiger partial charge < -0.3 is 5.11 Å². The average molecular weight is 294 g/mol. The normalized spacial score (nSPS) is 34.5. The van der Waals surface area contributed by atoms with Gasteiger partial charge in [0, 0.05) is 12.6 Å². The van der Waals surface area contributed by atoms with Crippen molar-refractivity contribution in [2.24, 2.45) is 5.41 Å². The number of carboxylic acids is 1. The van der Waals surface area contributed by atoms with Crippen molar-refractivity contribution in [3.8, 4) is 0 Å². The summed E-state index contributed by atoms with van der Waals surface area (Å²) in [6, 6.07) is -0.334. The number of carbonyl (C=O) groups is 3. The summed E-state index contributed by atoms with van der Waals surface area (Å²) in [6.45, 7) is 2.97. The fourth-order valence-electron chi connectivity index (χ4n) is 3.68. The Morgan fingerprint density at radius 1 is 1.38 bits per heavy atom. The summed E-state index contributed by atoms with van der Waals surface area (Å²) in [7, 11) is 0. The van der Waals surface area contributed by atoms with Gasteiger partial charge in [-0.05, 0) is 38.6 Å². The zero-order valence-electron chi connectivity index (χ0n) is 12.4. The molecule has 1 saturated carbocycles. The molecule has 2 atom stereocenters. The Morgan fingerprint density at radius 2 is 2.10 bits per heavy atom. The van der Waals surface area contributed by atoms with Gasteiger partial charge in [0.15, 0.2) is 0 Å². The first-order chi connectivity index (χ1) is 9.98. The predicted molar refractivity (Wildman–Crippen MR) is 74.4 cm³/mol. The molecule has 0 bridgehead atoms. The van der Waals surface area contributed by atoms with Crippen LogP contribution in [0.2, 0.25) is 0 Å². The zero-order valence-corrected chi connectivity index (χ0v) is 12.4. The van der Waals surface area contributed by atoms with E-state index in [1.165, 1.54) is 4.90 Å². The third-order valence-corrected chi connectivity index (χ3v) is 5.25. The molecule has 0 aromatic rings. The SMILES string of the molecule is CCC1(C(=O)O)CCCN(C2CC(=O)N(C3CC3)C2=O)C1. The van der Waals surface area contributed by atoms with Crippen molar-refractivity contribution < 1.29 is 19.5 Å².